The maximum Gasteiger partial charge on any atom is 0.321 e. The Morgan fingerprint density at radius 3 is 2.56 bits per heavy atom. The molecule has 1 aliphatic carbocycles. The van der Waals surface area contributed by atoms with E-state index in [0.29, 0.717) is 17.4 Å². The van der Waals surface area contributed by atoms with Gasteiger partial charge in [0.05, 0.1) is 6.10 Å². The lowest BCUT2D eigenvalue weighted by molar-refractivity contribution is -0.137. The molecular formula is C11H21NO3S. The Balaban J connectivity index is 2.05. The average Bonchev–Trinajstić information content (AvgIpc) is 2.70. The average molecular weight is 247 g/mol. The molecule has 0 radical (unpaired) electrons. The molecule has 94 valence electrons. The fraction of sp³-hybridized carbons (Fsp3) is 0.909. The topological polar surface area (TPSA) is 83.5 Å². The van der Waals surface area contributed by atoms with Crippen LogP contribution in [0.4, 0.5) is 0 Å². The van der Waals surface area contributed by atoms with E-state index in [1.165, 1.54) is 37.4 Å². The molecule has 1 fully saturated rings. The highest BCUT2D eigenvalue weighted by atomic mass is 32.2. The molecule has 0 heterocycles. The van der Waals surface area contributed by atoms with Crippen LogP contribution in [0.25, 0.3) is 0 Å². The zero-order valence-electron chi connectivity index (χ0n) is 9.47. The van der Waals surface area contributed by atoms with Gasteiger partial charge in [0.15, 0.2) is 0 Å². The van der Waals surface area contributed by atoms with Crippen molar-refractivity contribution in [2.75, 3.05) is 11.5 Å². The molecule has 0 aromatic heterocycles. The second-order valence-electron chi connectivity index (χ2n) is 4.52. The SMILES string of the molecule is N[C@@H](CSCC(O)CC1CCCC1)C(=O)O. The first-order valence-corrected chi connectivity index (χ1v) is 6.99. The van der Waals surface area contributed by atoms with Gasteiger partial charge in [0.1, 0.15) is 6.04 Å². The Kier molecular flexibility index (Phi) is 6.16. The molecule has 0 spiro atoms. The number of carboxylic acid groups (broad SMARTS) is 1. The quantitative estimate of drug-likeness (QED) is 0.627. The minimum Gasteiger partial charge on any atom is -0.480 e. The van der Waals surface area contributed by atoms with E-state index < -0.39 is 12.0 Å². The molecule has 16 heavy (non-hydrogen) atoms. The standard InChI is InChI=1S/C11H21NO3S/c12-10(11(14)15)7-16-6-9(13)5-8-3-1-2-4-8/h8-10,13H,1-7,12H2,(H,14,15)/t9?,10-/m0/s1. The molecule has 5 heteroatoms. The van der Waals surface area contributed by atoms with E-state index in [1.807, 2.05) is 0 Å². The molecule has 1 aliphatic rings. The largest absolute Gasteiger partial charge is 0.480 e. The predicted molar refractivity (Wildman–Crippen MR) is 65.5 cm³/mol. The van der Waals surface area contributed by atoms with Gasteiger partial charge in [-0.15, -0.1) is 0 Å². The van der Waals surface area contributed by atoms with Gasteiger partial charge in [-0.05, 0) is 12.3 Å². The van der Waals surface area contributed by atoms with E-state index >= 15 is 0 Å². The first-order chi connectivity index (χ1) is 7.59. The van der Waals surface area contributed by atoms with Gasteiger partial charge < -0.3 is 15.9 Å². The predicted octanol–water partition coefficient (Wildman–Crippen LogP) is 1.07. The Hall–Kier alpha value is -0.260. The number of thioether (sulfide) groups is 1. The number of aliphatic hydroxyl groups is 1. The second-order valence-corrected chi connectivity index (χ2v) is 5.60. The van der Waals surface area contributed by atoms with Gasteiger partial charge in [0.25, 0.3) is 0 Å². The molecule has 0 bridgehead atoms. The first-order valence-electron chi connectivity index (χ1n) is 5.83. The summed E-state index contributed by atoms with van der Waals surface area (Å²) in [5.41, 5.74) is 5.36. The summed E-state index contributed by atoms with van der Waals surface area (Å²) in [7, 11) is 0. The monoisotopic (exact) mass is 247 g/mol. The lowest BCUT2D eigenvalue weighted by Crippen LogP contribution is -2.33. The number of hydrogen-bond donors (Lipinski definition) is 3. The van der Waals surface area contributed by atoms with Crippen molar-refractivity contribution in [3.63, 3.8) is 0 Å². The number of aliphatic hydroxyl groups excluding tert-OH is 1. The third-order valence-electron chi connectivity index (χ3n) is 3.00. The van der Waals surface area contributed by atoms with Gasteiger partial charge >= 0.3 is 5.97 Å². The van der Waals surface area contributed by atoms with Crippen LogP contribution in [0.3, 0.4) is 0 Å². The van der Waals surface area contributed by atoms with E-state index in [-0.39, 0.29) is 6.10 Å². The van der Waals surface area contributed by atoms with Crippen molar-refractivity contribution in [2.24, 2.45) is 11.7 Å². The molecule has 0 amide bonds. The van der Waals surface area contributed by atoms with Gasteiger partial charge in [-0.25, -0.2) is 0 Å². The smallest absolute Gasteiger partial charge is 0.321 e. The van der Waals surface area contributed by atoms with Crippen LogP contribution < -0.4 is 5.73 Å². The van der Waals surface area contributed by atoms with Crippen LogP contribution in [-0.4, -0.2) is 39.8 Å². The van der Waals surface area contributed by atoms with Gasteiger partial charge in [-0.3, -0.25) is 4.79 Å². The van der Waals surface area contributed by atoms with Crippen molar-refractivity contribution >= 4 is 17.7 Å². The summed E-state index contributed by atoms with van der Waals surface area (Å²) in [6.45, 7) is 0. The number of carboxylic acids is 1. The van der Waals surface area contributed by atoms with Crippen LogP contribution in [0.15, 0.2) is 0 Å². The fourth-order valence-electron chi connectivity index (χ4n) is 2.10. The molecule has 1 saturated carbocycles. The Morgan fingerprint density at radius 2 is 2.00 bits per heavy atom. The summed E-state index contributed by atoms with van der Waals surface area (Å²) in [6.07, 6.45) is 5.58. The van der Waals surface area contributed by atoms with Crippen LogP contribution in [-0.2, 0) is 4.79 Å². The van der Waals surface area contributed by atoms with E-state index in [2.05, 4.69) is 0 Å². The van der Waals surface area contributed by atoms with Crippen molar-refractivity contribution in [1.82, 2.24) is 0 Å². The van der Waals surface area contributed by atoms with Crippen LogP contribution in [0.1, 0.15) is 32.1 Å². The summed E-state index contributed by atoms with van der Waals surface area (Å²) in [5.74, 6) is 0.663. The minimum atomic E-state index is -0.974. The lowest BCUT2D eigenvalue weighted by atomic mass is 10.0. The number of aliphatic carboxylic acids is 1. The molecule has 0 aliphatic heterocycles. The van der Waals surface area contributed by atoms with E-state index in [4.69, 9.17) is 10.8 Å². The molecule has 0 saturated heterocycles. The summed E-state index contributed by atoms with van der Waals surface area (Å²) >= 11 is 1.43. The van der Waals surface area contributed by atoms with Crippen LogP contribution in [0, 0.1) is 5.92 Å². The van der Waals surface area contributed by atoms with Gasteiger partial charge in [-0.1, -0.05) is 25.7 Å². The van der Waals surface area contributed by atoms with E-state index in [0.717, 1.165) is 6.42 Å². The Bertz CT molecular complexity index is 219. The summed E-state index contributed by atoms with van der Waals surface area (Å²) in [4.78, 5) is 10.5. The van der Waals surface area contributed by atoms with Crippen molar-refractivity contribution in [2.45, 2.75) is 44.2 Å². The van der Waals surface area contributed by atoms with Crippen molar-refractivity contribution in [3.8, 4) is 0 Å². The number of carbonyl (C=O) groups is 1. The third-order valence-corrected chi connectivity index (χ3v) is 4.22. The molecule has 4 N–H and O–H groups in total. The molecule has 4 nitrogen and oxygen atoms in total. The van der Waals surface area contributed by atoms with Gasteiger partial charge in [-0.2, -0.15) is 11.8 Å². The molecule has 1 rings (SSSR count). The molecule has 2 atom stereocenters. The first kappa shape index (κ1) is 13.8. The van der Waals surface area contributed by atoms with Crippen molar-refractivity contribution < 1.29 is 15.0 Å². The summed E-state index contributed by atoms with van der Waals surface area (Å²) < 4.78 is 0. The normalized spacial score (nSPS) is 20.9. The summed E-state index contributed by atoms with van der Waals surface area (Å²) in [6, 6.07) is -0.816. The molecule has 1 unspecified atom stereocenters. The zero-order chi connectivity index (χ0) is 12.0. The van der Waals surface area contributed by atoms with Gasteiger partial charge in [0, 0.05) is 11.5 Å². The van der Waals surface area contributed by atoms with Crippen LogP contribution >= 0.6 is 11.8 Å². The number of nitrogens with two attached hydrogens (primary N) is 1. The van der Waals surface area contributed by atoms with Crippen LogP contribution in [0.2, 0.25) is 0 Å². The highest BCUT2D eigenvalue weighted by molar-refractivity contribution is 7.99. The molecule has 0 aromatic rings. The fourth-order valence-corrected chi connectivity index (χ4v) is 3.04. The van der Waals surface area contributed by atoms with E-state index in [9.17, 15) is 9.90 Å². The maximum absolute atomic E-state index is 10.5. The summed E-state index contributed by atoms with van der Waals surface area (Å²) in [5, 5.41) is 18.3. The second kappa shape index (κ2) is 7.14. The zero-order valence-corrected chi connectivity index (χ0v) is 10.3. The van der Waals surface area contributed by atoms with Gasteiger partial charge in [0.2, 0.25) is 0 Å². The minimum absolute atomic E-state index is 0.311. The van der Waals surface area contributed by atoms with Crippen LogP contribution in [0.5, 0.6) is 0 Å². The Morgan fingerprint density at radius 1 is 1.38 bits per heavy atom. The highest BCUT2D eigenvalue weighted by Crippen LogP contribution is 2.29. The molecular weight excluding hydrogens is 226 g/mol. The van der Waals surface area contributed by atoms with E-state index in [1.54, 1.807) is 0 Å². The van der Waals surface area contributed by atoms with Crippen molar-refractivity contribution in [3.05, 3.63) is 0 Å². The Labute approximate surface area is 101 Å². The van der Waals surface area contributed by atoms with Crippen molar-refractivity contribution in [1.29, 1.82) is 0 Å². The lowest BCUT2D eigenvalue weighted by Gasteiger charge is -2.15. The number of rotatable bonds is 7. The highest BCUT2D eigenvalue weighted by Gasteiger charge is 2.19. The number of hydrogen-bond acceptors (Lipinski definition) is 4. The molecule has 0 aromatic carbocycles. The third kappa shape index (κ3) is 5.18. The maximum atomic E-state index is 10.5.